The van der Waals surface area contributed by atoms with Crippen molar-refractivity contribution in [3.8, 4) is 11.5 Å². The second kappa shape index (κ2) is 8.63. The van der Waals surface area contributed by atoms with E-state index >= 15 is 0 Å². The van der Waals surface area contributed by atoms with E-state index in [-0.39, 0.29) is 0 Å². The number of ether oxygens (including phenoxy) is 2. The SMILES string of the molecule is CN=C(NCCc1ccc2c(c1)OCO2)NCCN1CCc2sccc2C1. The fraction of sp³-hybridized carbons (Fsp3) is 0.450. The first-order valence-electron chi connectivity index (χ1n) is 9.42. The molecule has 0 spiro atoms. The molecular weight excluding hydrogens is 360 g/mol. The lowest BCUT2D eigenvalue weighted by molar-refractivity contribution is 0.174. The average molecular weight is 387 g/mol. The Morgan fingerprint density at radius 3 is 3.00 bits per heavy atom. The number of aliphatic imine (C=N–C) groups is 1. The van der Waals surface area contributed by atoms with Crippen molar-refractivity contribution < 1.29 is 9.47 Å². The van der Waals surface area contributed by atoms with E-state index in [0.717, 1.165) is 56.6 Å². The standard InChI is InChI=1S/C20H26N4O2S/c1-21-20(22-7-4-15-2-3-17-18(12-15)26-14-25-17)23-8-10-24-9-5-19-16(13-24)6-11-27-19/h2-3,6,11-12H,4-5,7-10,13-14H2,1H3,(H2,21,22,23). The van der Waals surface area contributed by atoms with Crippen LogP contribution < -0.4 is 20.1 Å². The van der Waals surface area contributed by atoms with Gasteiger partial charge in [0.05, 0.1) is 0 Å². The lowest BCUT2D eigenvalue weighted by Gasteiger charge is -2.27. The number of nitrogens with zero attached hydrogens (tertiary/aromatic N) is 2. The quantitative estimate of drug-likeness (QED) is 0.589. The van der Waals surface area contributed by atoms with Crippen LogP contribution in [0.25, 0.3) is 0 Å². The Morgan fingerprint density at radius 2 is 2.07 bits per heavy atom. The van der Waals surface area contributed by atoms with Crippen LogP contribution in [0.5, 0.6) is 11.5 Å². The van der Waals surface area contributed by atoms with Gasteiger partial charge in [-0.25, -0.2) is 0 Å². The summed E-state index contributed by atoms with van der Waals surface area (Å²) in [4.78, 5) is 8.38. The molecule has 0 atom stereocenters. The summed E-state index contributed by atoms with van der Waals surface area (Å²) in [7, 11) is 1.81. The highest BCUT2D eigenvalue weighted by atomic mass is 32.1. The Morgan fingerprint density at radius 1 is 1.19 bits per heavy atom. The molecule has 0 saturated heterocycles. The van der Waals surface area contributed by atoms with Gasteiger partial charge in [-0.2, -0.15) is 0 Å². The van der Waals surface area contributed by atoms with Gasteiger partial charge in [0.2, 0.25) is 6.79 Å². The maximum absolute atomic E-state index is 5.43. The van der Waals surface area contributed by atoms with Crippen LogP contribution in [0.2, 0.25) is 0 Å². The van der Waals surface area contributed by atoms with Crippen molar-refractivity contribution >= 4 is 17.3 Å². The minimum atomic E-state index is 0.318. The summed E-state index contributed by atoms with van der Waals surface area (Å²) in [6, 6.07) is 8.37. The van der Waals surface area contributed by atoms with Gasteiger partial charge in [-0.05, 0) is 47.5 Å². The van der Waals surface area contributed by atoms with Crippen LogP contribution in [0, 0.1) is 0 Å². The monoisotopic (exact) mass is 386 g/mol. The first-order valence-corrected chi connectivity index (χ1v) is 10.3. The number of benzene rings is 1. The molecule has 0 radical (unpaired) electrons. The zero-order valence-corrected chi connectivity index (χ0v) is 16.5. The van der Waals surface area contributed by atoms with Gasteiger partial charge in [-0.15, -0.1) is 11.3 Å². The molecule has 4 rings (SSSR count). The molecule has 0 unspecified atom stereocenters. The first kappa shape index (κ1) is 18.1. The highest BCUT2D eigenvalue weighted by Gasteiger charge is 2.16. The lowest BCUT2D eigenvalue weighted by Crippen LogP contribution is -2.43. The fourth-order valence-electron chi connectivity index (χ4n) is 3.47. The lowest BCUT2D eigenvalue weighted by atomic mass is 10.1. The van der Waals surface area contributed by atoms with Crippen molar-refractivity contribution in [2.24, 2.45) is 4.99 Å². The van der Waals surface area contributed by atoms with Crippen LogP contribution in [0.1, 0.15) is 16.0 Å². The molecule has 7 heteroatoms. The molecular formula is C20H26N4O2S. The molecule has 27 heavy (non-hydrogen) atoms. The van der Waals surface area contributed by atoms with Gasteiger partial charge in [0.15, 0.2) is 17.5 Å². The summed E-state index contributed by atoms with van der Waals surface area (Å²) < 4.78 is 10.8. The number of thiophene rings is 1. The molecule has 0 aliphatic carbocycles. The maximum atomic E-state index is 5.43. The Bertz CT molecular complexity index is 805. The van der Waals surface area contributed by atoms with Gasteiger partial charge in [-0.3, -0.25) is 9.89 Å². The minimum absolute atomic E-state index is 0.318. The summed E-state index contributed by atoms with van der Waals surface area (Å²) in [6.45, 7) is 5.27. The Kier molecular flexibility index (Phi) is 5.79. The normalized spacial score (nSPS) is 16.3. The van der Waals surface area contributed by atoms with E-state index in [1.807, 2.05) is 24.5 Å². The predicted molar refractivity (Wildman–Crippen MR) is 109 cm³/mol. The first-order chi connectivity index (χ1) is 13.3. The molecule has 0 amide bonds. The van der Waals surface area contributed by atoms with Crippen LogP contribution >= 0.6 is 11.3 Å². The van der Waals surface area contributed by atoms with Gasteiger partial charge < -0.3 is 20.1 Å². The van der Waals surface area contributed by atoms with Crippen molar-refractivity contribution in [2.45, 2.75) is 19.4 Å². The van der Waals surface area contributed by atoms with E-state index < -0.39 is 0 Å². The zero-order chi connectivity index (χ0) is 18.5. The molecule has 2 N–H and O–H groups in total. The number of fused-ring (bicyclic) bond motifs is 2. The summed E-state index contributed by atoms with van der Waals surface area (Å²) in [6.07, 6.45) is 2.08. The number of nitrogens with one attached hydrogen (secondary N) is 2. The second-order valence-corrected chi connectivity index (χ2v) is 7.76. The highest BCUT2D eigenvalue weighted by Crippen LogP contribution is 2.32. The Labute approximate surface area is 164 Å². The van der Waals surface area contributed by atoms with E-state index in [2.05, 4.69) is 44.1 Å². The van der Waals surface area contributed by atoms with Gasteiger partial charge in [0, 0.05) is 44.6 Å². The van der Waals surface area contributed by atoms with E-state index in [9.17, 15) is 0 Å². The van der Waals surface area contributed by atoms with E-state index in [1.165, 1.54) is 17.5 Å². The topological polar surface area (TPSA) is 58.1 Å². The molecule has 6 nitrogen and oxygen atoms in total. The van der Waals surface area contributed by atoms with E-state index in [1.54, 1.807) is 4.88 Å². The van der Waals surface area contributed by atoms with Crippen LogP contribution in [0.3, 0.4) is 0 Å². The third-order valence-corrected chi connectivity index (χ3v) is 6.00. The molecule has 0 bridgehead atoms. The molecule has 2 aromatic rings. The fourth-order valence-corrected chi connectivity index (χ4v) is 4.36. The van der Waals surface area contributed by atoms with Crippen molar-refractivity contribution in [3.63, 3.8) is 0 Å². The largest absolute Gasteiger partial charge is 0.454 e. The number of hydrogen-bond donors (Lipinski definition) is 2. The van der Waals surface area contributed by atoms with Crippen LogP contribution in [0.4, 0.5) is 0 Å². The average Bonchev–Trinajstić information content (AvgIpc) is 3.35. The Balaban J connectivity index is 1.17. The van der Waals surface area contributed by atoms with E-state index in [0.29, 0.717) is 6.79 Å². The molecule has 1 aromatic heterocycles. The molecule has 2 aliphatic rings. The molecule has 144 valence electrons. The van der Waals surface area contributed by atoms with Crippen molar-refractivity contribution in [2.75, 3.05) is 40.0 Å². The van der Waals surface area contributed by atoms with Crippen molar-refractivity contribution in [1.29, 1.82) is 0 Å². The van der Waals surface area contributed by atoms with Gasteiger partial charge in [0.25, 0.3) is 0 Å². The van der Waals surface area contributed by atoms with Crippen LogP contribution in [0.15, 0.2) is 34.6 Å². The molecule has 0 fully saturated rings. The molecule has 3 heterocycles. The maximum Gasteiger partial charge on any atom is 0.231 e. The second-order valence-electron chi connectivity index (χ2n) is 6.76. The van der Waals surface area contributed by atoms with Crippen LogP contribution in [-0.4, -0.2) is 50.9 Å². The van der Waals surface area contributed by atoms with Crippen molar-refractivity contribution in [1.82, 2.24) is 15.5 Å². The number of guanidine groups is 1. The molecule has 0 saturated carbocycles. The summed E-state index contributed by atoms with van der Waals surface area (Å²) >= 11 is 1.89. The predicted octanol–water partition coefficient (Wildman–Crippen LogP) is 2.24. The summed E-state index contributed by atoms with van der Waals surface area (Å²) in [5.74, 6) is 2.52. The minimum Gasteiger partial charge on any atom is -0.454 e. The highest BCUT2D eigenvalue weighted by molar-refractivity contribution is 7.10. The van der Waals surface area contributed by atoms with Gasteiger partial charge in [0.1, 0.15) is 0 Å². The molecule has 2 aliphatic heterocycles. The third-order valence-electron chi connectivity index (χ3n) is 4.97. The summed E-state index contributed by atoms with van der Waals surface area (Å²) in [5.41, 5.74) is 2.72. The molecule has 1 aromatic carbocycles. The zero-order valence-electron chi connectivity index (χ0n) is 15.7. The number of hydrogen-bond acceptors (Lipinski definition) is 5. The third kappa shape index (κ3) is 4.54. The smallest absolute Gasteiger partial charge is 0.231 e. The summed E-state index contributed by atoms with van der Waals surface area (Å²) in [5, 5.41) is 9.01. The number of rotatable bonds is 6. The van der Waals surface area contributed by atoms with Crippen molar-refractivity contribution in [3.05, 3.63) is 45.6 Å². The van der Waals surface area contributed by atoms with Gasteiger partial charge in [-0.1, -0.05) is 6.07 Å². The van der Waals surface area contributed by atoms with Gasteiger partial charge >= 0.3 is 0 Å². The Hall–Kier alpha value is -2.25. The van der Waals surface area contributed by atoms with E-state index in [4.69, 9.17) is 9.47 Å². The van der Waals surface area contributed by atoms with Crippen LogP contribution in [-0.2, 0) is 19.4 Å².